The number of rotatable bonds is 2. The van der Waals surface area contributed by atoms with Gasteiger partial charge < -0.3 is 5.32 Å². The summed E-state index contributed by atoms with van der Waals surface area (Å²) in [4.78, 5) is 15.9. The Labute approximate surface area is 115 Å². The molecule has 0 fully saturated rings. The minimum atomic E-state index is -0.366. The van der Waals surface area contributed by atoms with Crippen LogP contribution in [0.3, 0.4) is 0 Å². The topological polar surface area (TPSA) is 65.8 Å². The van der Waals surface area contributed by atoms with E-state index in [1.165, 1.54) is 12.3 Å². The summed E-state index contributed by atoms with van der Waals surface area (Å²) in [6.45, 7) is 1.92. The molecule has 2 rings (SSSR count). The first-order chi connectivity index (χ1) is 9.10. The molecule has 0 saturated heterocycles. The van der Waals surface area contributed by atoms with Crippen LogP contribution in [0.2, 0.25) is 5.02 Å². The lowest BCUT2D eigenvalue weighted by atomic mass is 10.2. The average molecular weight is 272 g/mol. The number of aromatic nitrogens is 1. The lowest BCUT2D eigenvalue weighted by molar-refractivity contribution is 0.102. The van der Waals surface area contributed by atoms with Gasteiger partial charge in [0.2, 0.25) is 0 Å². The summed E-state index contributed by atoms with van der Waals surface area (Å²) in [6.07, 6.45) is 1.35. The molecule has 1 aromatic carbocycles. The number of carbonyl (C=O) groups is 1. The highest BCUT2D eigenvalue weighted by molar-refractivity contribution is 6.34. The van der Waals surface area contributed by atoms with Crippen molar-refractivity contribution in [1.82, 2.24) is 4.98 Å². The lowest BCUT2D eigenvalue weighted by Crippen LogP contribution is -2.13. The van der Waals surface area contributed by atoms with Crippen molar-refractivity contribution in [2.75, 3.05) is 5.32 Å². The van der Waals surface area contributed by atoms with E-state index in [4.69, 9.17) is 16.9 Å². The molecule has 2 aromatic rings. The minimum absolute atomic E-state index is 0.232. The van der Waals surface area contributed by atoms with Gasteiger partial charge in [-0.3, -0.25) is 4.79 Å². The fourth-order valence-corrected chi connectivity index (χ4v) is 1.78. The molecule has 1 heterocycles. The first kappa shape index (κ1) is 13.1. The number of benzene rings is 1. The maximum absolute atomic E-state index is 11.9. The average Bonchev–Trinajstić information content (AvgIpc) is 2.42. The van der Waals surface area contributed by atoms with Crippen molar-refractivity contribution < 1.29 is 4.79 Å². The summed E-state index contributed by atoms with van der Waals surface area (Å²) in [5.74, 6) is -0.366. The normalized spacial score (nSPS) is 9.74. The van der Waals surface area contributed by atoms with Gasteiger partial charge in [0.15, 0.2) is 0 Å². The van der Waals surface area contributed by atoms with Crippen molar-refractivity contribution in [2.45, 2.75) is 6.92 Å². The monoisotopic (exact) mass is 271 g/mol. The molecule has 1 amide bonds. The molecule has 5 heteroatoms. The van der Waals surface area contributed by atoms with Crippen molar-refractivity contribution in [3.8, 4) is 6.07 Å². The van der Waals surface area contributed by atoms with E-state index in [2.05, 4.69) is 10.3 Å². The molecule has 1 aromatic heterocycles. The number of anilines is 1. The Kier molecular flexibility index (Phi) is 3.79. The third kappa shape index (κ3) is 3.09. The van der Waals surface area contributed by atoms with Crippen LogP contribution in [0, 0.1) is 18.3 Å². The quantitative estimate of drug-likeness (QED) is 0.912. The summed E-state index contributed by atoms with van der Waals surface area (Å²) < 4.78 is 0. The standard InChI is InChI=1S/C14H10ClN3O/c1-9-2-4-12(11(15)6-9)18-14(19)13-5-3-10(7-16)8-17-13/h2-6,8H,1H3,(H,18,19). The number of halogens is 1. The molecule has 0 bridgehead atoms. The van der Waals surface area contributed by atoms with Gasteiger partial charge in [-0.1, -0.05) is 17.7 Å². The van der Waals surface area contributed by atoms with E-state index in [0.29, 0.717) is 16.3 Å². The second kappa shape index (κ2) is 5.51. The Hall–Kier alpha value is -2.38. The molecule has 1 N–H and O–H groups in total. The highest BCUT2D eigenvalue weighted by Crippen LogP contribution is 2.23. The Morgan fingerprint density at radius 3 is 2.74 bits per heavy atom. The number of nitrogens with zero attached hydrogens (tertiary/aromatic N) is 2. The van der Waals surface area contributed by atoms with Gasteiger partial charge >= 0.3 is 0 Å². The number of hydrogen-bond acceptors (Lipinski definition) is 3. The molecule has 19 heavy (non-hydrogen) atoms. The molecule has 0 aliphatic carbocycles. The van der Waals surface area contributed by atoms with Crippen LogP contribution in [0.15, 0.2) is 36.5 Å². The molecular formula is C14H10ClN3O. The Morgan fingerprint density at radius 1 is 1.37 bits per heavy atom. The SMILES string of the molecule is Cc1ccc(NC(=O)c2ccc(C#N)cn2)c(Cl)c1. The second-order valence-electron chi connectivity index (χ2n) is 3.98. The van der Waals surface area contributed by atoms with E-state index in [0.717, 1.165) is 5.56 Å². The minimum Gasteiger partial charge on any atom is -0.319 e. The van der Waals surface area contributed by atoms with Crippen LogP contribution in [-0.2, 0) is 0 Å². The van der Waals surface area contributed by atoms with Crippen LogP contribution in [0.4, 0.5) is 5.69 Å². The smallest absolute Gasteiger partial charge is 0.274 e. The fourth-order valence-electron chi connectivity index (χ4n) is 1.50. The Bertz CT molecular complexity index is 659. The number of nitrogens with one attached hydrogen (secondary N) is 1. The van der Waals surface area contributed by atoms with Gasteiger partial charge in [0, 0.05) is 6.20 Å². The van der Waals surface area contributed by atoms with E-state index < -0.39 is 0 Å². The molecule has 0 atom stereocenters. The van der Waals surface area contributed by atoms with Crippen LogP contribution in [-0.4, -0.2) is 10.9 Å². The van der Waals surface area contributed by atoms with Crippen LogP contribution in [0.1, 0.15) is 21.6 Å². The van der Waals surface area contributed by atoms with Gasteiger partial charge in [-0.15, -0.1) is 0 Å². The van der Waals surface area contributed by atoms with Crippen LogP contribution < -0.4 is 5.32 Å². The zero-order valence-corrected chi connectivity index (χ0v) is 10.9. The zero-order valence-electron chi connectivity index (χ0n) is 10.1. The largest absolute Gasteiger partial charge is 0.319 e. The summed E-state index contributed by atoms with van der Waals surface area (Å²) in [7, 11) is 0. The maximum Gasteiger partial charge on any atom is 0.274 e. The second-order valence-corrected chi connectivity index (χ2v) is 4.39. The van der Waals surface area contributed by atoms with Crippen molar-refractivity contribution in [3.05, 3.63) is 58.4 Å². The number of aryl methyl sites for hydroxylation is 1. The zero-order chi connectivity index (χ0) is 13.8. The summed E-state index contributed by atoms with van der Waals surface area (Å²) >= 11 is 6.03. The van der Waals surface area contributed by atoms with E-state index in [9.17, 15) is 4.79 Å². The van der Waals surface area contributed by atoms with Crippen molar-refractivity contribution in [3.63, 3.8) is 0 Å². The first-order valence-electron chi connectivity index (χ1n) is 5.54. The molecule has 0 radical (unpaired) electrons. The van der Waals surface area contributed by atoms with Crippen LogP contribution in [0.25, 0.3) is 0 Å². The number of carbonyl (C=O) groups excluding carboxylic acids is 1. The highest BCUT2D eigenvalue weighted by Gasteiger charge is 2.09. The molecule has 0 saturated carbocycles. The van der Waals surface area contributed by atoms with Gasteiger partial charge in [-0.25, -0.2) is 4.98 Å². The molecular weight excluding hydrogens is 262 g/mol. The van der Waals surface area contributed by atoms with E-state index in [1.54, 1.807) is 18.2 Å². The van der Waals surface area contributed by atoms with E-state index in [1.807, 2.05) is 19.1 Å². The Morgan fingerprint density at radius 2 is 2.16 bits per heavy atom. The molecule has 0 aliphatic rings. The van der Waals surface area contributed by atoms with Crippen LogP contribution in [0.5, 0.6) is 0 Å². The molecule has 0 aliphatic heterocycles. The molecule has 94 valence electrons. The van der Waals surface area contributed by atoms with Gasteiger partial charge in [-0.2, -0.15) is 5.26 Å². The molecule has 4 nitrogen and oxygen atoms in total. The van der Waals surface area contributed by atoms with Crippen molar-refractivity contribution >= 4 is 23.2 Å². The lowest BCUT2D eigenvalue weighted by Gasteiger charge is -2.07. The summed E-state index contributed by atoms with van der Waals surface area (Å²) in [5, 5.41) is 11.8. The summed E-state index contributed by atoms with van der Waals surface area (Å²) in [5.41, 5.74) is 2.18. The summed E-state index contributed by atoms with van der Waals surface area (Å²) in [6, 6.07) is 10.3. The third-order valence-electron chi connectivity index (χ3n) is 2.50. The highest BCUT2D eigenvalue weighted by atomic mass is 35.5. The van der Waals surface area contributed by atoms with Gasteiger partial charge in [0.1, 0.15) is 11.8 Å². The number of nitriles is 1. The van der Waals surface area contributed by atoms with Gasteiger partial charge in [0.05, 0.1) is 16.3 Å². The number of amides is 1. The number of hydrogen-bond donors (Lipinski definition) is 1. The first-order valence-corrected chi connectivity index (χ1v) is 5.91. The fraction of sp³-hybridized carbons (Fsp3) is 0.0714. The van der Waals surface area contributed by atoms with Gasteiger partial charge in [-0.05, 0) is 36.8 Å². The Balaban J connectivity index is 2.18. The van der Waals surface area contributed by atoms with E-state index >= 15 is 0 Å². The van der Waals surface area contributed by atoms with E-state index in [-0.39, 0.29) is 11.6 Å². The predicted octanol–water partition coefficient (Wildman–Crippen LogP) is 3.17. The van der Waals surface area contributed by atoms with Crippen LogP contribution >= 0.6 is 11.6 Å². The van der Waals surface area contributed by atoms with Crippen molar-refractivity contribution in [2.24, 2.45) is 0 Å². The number of pyridine rings is 1. The molecule has 0 spiro atoms. The third-order valence-corrected chi connectivity index (χ3v) is 2.81. The molecule has 0 unspecified atom stereocenters. The van der Waals surface area contributed by atoms with Crippen molar-refractivity contribution in [1.29, 1.82) is 5.26 Å². The predicted molar refractivity (Wildman–Crippen MR) is 73.1 cm³/mol. The maximum atomic E-state index is 11.9. The van der Waals surface area contributed by atoms with Gasteiger partial charge in [0.25, 0.3) is 5.91 Å².